The maximum atomic E-state index is 3.96. The Morgan fingerprint density at radius 2 is 0.705 bits per heavy atom. The van der Waals surface area contributed by atoms with Gasteiger partial charge in [0.1, 0.15) is 0 Å². The van der Waals surface area contributed by atoms with Gasteiger partial charge in [-0.25, -0.2) is 0 Å². The summed E-state index contributed by atoms with van der Waals surface area (Å²) in [5.74, 6) is 0. The Labute approximate surface area is 267 Å². The van der Waals surface area contributed by atoms with E-state index in [1.165, 1.54) is 64.2 Å². The lowest BCUT2D eigenvalue weighted by atomic mass is 9.92. The number of rotatable bonds is 5. The molecule has 0 saturated heterocycles. The quantitative estimate of drug-likeness (QED) is 0.100. The Hall–Kier alpha value is -4.76. The van der Waals surface area contributed by atoms with Crippen LogP contribution in [-0.4, -0.2) is 8.07 Å². The van der Waals surface area contributed by atoms with E-state index in [9.17, 15) is 0 Å². The predicted molar refractivity (Wildman–Crippen MR) is 196 cm³/mol. The summed E-state index contributed by atoms with van der Waals surface area (Å²) in [4.78, 5) is 0. The molecular formula is C42H29BrSi. The van der Waals surface area contributed by atoms with Crippen LogP contribution in [0.2, 0.25) is 0 Å². The maximum absolute atomic E-state index is 3.96. The van der Waals surface area contributed by atoms with E-state index in [1.54, 1.807) is 0 Å². The molecule has 0 spiro atoms. The third-order valence-corrected chi connectivity index (χ3v) is 14.2. The molecule has 0 fully saturated rings. The van der Waals surface area contributed by atoms with Crippen LogP contribution in [0.5, 0.6) is 0 Å². The van der Waals surface area contributed by atoms with Gasteiger partial charge in [-0.05, 0) is 82.4 Å². The summed E-state index contributed by atoms with van der Waals surface area (Å²) in [6.07, 6.45) is 0. The topological polar surface area (TPSA) is 0 Å². The van der Waals surface area contributed by atoms with Gasteiger partial charge in [0.2, 0.25) is 0 Å². The number of hydrogen-bond donors (Lipinski definition) is 0. The molecule has 0 aliphatic carbocycles. The van der Waals surface area contributed by atoms with Crippen LogP contribution in [-0.2, 0) is 0 Å². The Kier molecular flexibility index (Phi) is 6.75. The monoisotopic (exact) mass is 640 g/mol. The van der Waals surface area contributed by atoms with Gasteiger partial charge in [-0.1, -0.05) is 174 Å². The van der Waals surface area contributed by atoms with Crippen LogP contribution in [0.1, 0.15) is 0 Å². The highest BCUT2D eigenvalue weighted by Crippen LogP contribution is 2.37. The van der Waals surface area contributed by atoms with E-state index in [1.807, 2.05) is 0 Å². The molecule has 8 aromatic carbocycles. The lowest BCUT2D eigenvalue weighted by molar-refractivity contribution is 1.62. The zero-order chi connectivity index (χ0) is 29.5. The lowest BCUT2D eigenvalue weighted by Crippen LogP contribution is -2.74. The van der Waals surface area contributed by atoms with Crippen molar-refractivity contribution in [1.29, 1.82) is 0 Å². The molecule has 8 aromatic rings. The van der Waals surface area contributed by atoms with Crippen molar-refractivity contribution >= 4 is 77.1 Å². The minimum atomic E-state index is -2.66. The molecule has 0 unspecified atom stereocenters. The normalized spacial score (nSPS) is 11.8. The fourth-order valence-corrected chi connectivity index (χ4v) is 12.7. The summed E-state index contributed by atoms with van der Waals surface area (Å²) < 4.78 is 1.09. The molecular weight excluding hydrogens is 612 g/mol. The third kappa shape index (κ3) is 4.33. The molecule has 8 rings (SSSR count). The van der Waals surface area contributed by atoms with Crippen LogP contribution in [0.3, 0.4) is 0 Å². The van der Waals surface area contributed by atoms with Gasteiger partial charge in [0.15, 0.2) is 8.07 Å². The summed E-state index contributed by atoms with van der Waals surface area (Å²) in [6, 6.07) is 65.0. The highest BCUT2D eigenvalue weighted by molar-refractivity contribution is 9.10. The van der Waals surface area contributed by atoms with Gasteiger partial charge in [0.25, 0.3) is 0 Å². The maximum Gasteiger partial charge on any atom is 0.179 e. The zero-order valence-electron chi connectivity index (χ0n) is 24.1. The first kappa shape index (κ1) is 26.8. The van der Waals surface area contributed by atoms with E-state index in [2.05, 4.69) is 192 Å². The molecule has 0 aromatic heterocycles. The zero-order valence-corrected chi connectivity index (χ0v) is 26.7. The van der Waals surface area contributed by atoms with Crippen LogP contribution < -0.4 is 20.7 Å². The second kappa shape index (κ2) is 11.1. The van der Waals surface area contributed by atoms with Crippen molar-refractivity contribution in [2.75, 3.05) is 0 Å². The van der Waals surface area contributed by atoms with Crippen molar-refractivity contribution in [1.82, 2.24) is 0 Å². The van der Waals surface area contributed by atoms with Crippen LogP contribution in [0.4, 0.5) is 0 Å². The summed E-state index contributed by atoms with van der Waals surface area (Å²) in [7, 11) is -2.66. The first-order valence-corrected chi connectivity index (χ1v) is 17.8. The average molecular weight is 642 g/mol. The molecule has 0 saturated carbocycles. The molecule has 0 nitrogen and oxygen atoms in total. The van der Waals surface area contributed by atoms with E-state index in [0.717, 1.165) is 4.47 Å². The van der Waals surface area contributed by atoms with Gasteiger partial charge >= 0.3 is 0 Å². The van der Waals surface area contributed by atoms with Gasteiger partial charge in [-0.2, -0.15) is 0 Å². The van der Waals surface area contributed by atoms with Crippen molar-refractivity contribution < 1.29 is 0 Å². The summed E-state index contributed by atoms with van der Waals surface area (Å²) in [6.45, 7) is 0. The van der Waals surface area contributed by atoms with Gasteiger partial charge in [-0.15, -0.1) is 0 Å². The highest BCUT2D eigenvalue weighted by atomic mass is 79.9. The van der Waals surface area contributed by atoms with Crippen molar-refractivity contribution in [3.8, 4) is 11.1 Å². The Morgan fingerprint density at radius 3 is 1.18 bits per heavy atom. The number of benzene rings is 8. The molecule has 0 amide bonds. The third-order valence-electron chi connectivity index (χ3n) is 9.03. The smallest absolute Gasteiger partial charge is 0.0623 e. The molecule has 208 valence electrons. The number of hydrogen-bond acceptors (Lipinski definition) is 0. The summed E-state index contributed by atoms with van der Waals surface area (Å²) in [5.41, 5.74) is 2.44. The van der Waals surface area contributed by atoms with E-state index in [4.69, 9.17) is 0 Å². The van der Waals surface area contributed by atoms with Crippen LogP contribution in [0.15, 0.2) is 180 Å². The Balaban J connectivity index is 1.42. The van der Waals surface area contributed by atoms with Gasteiger partial charge < -0.3 is 0 Å². The fourth-order valence-electron chi connectivity index (χ4n) is 7.12. The molecule has 0 heterocycles. The minimum absolute atomic E-state index is 1.09. The van der Waals surface area contributed by atoms with Gasteiger partial charge in [0.05, 0.1) is 0 Å². The van der Waals surface area contributed by atoms with E-state index >= 15 is 0 Å². The molecule has 0 aliphatic heterocycles. The minimum Gasteiger partial charge on any atom is -0.0623 e. The fraction of sp³-hybridized carbons (Fsp3) is 0. The van der Waals surface area contributed by atoms with Crippen LogP contribution >= 0.6 is 15.9 Å². The van der Waals surface area contributed by atoms with E-state index in [-0.39, 0.29) is 0 Å². The number of fused-ring (bicyclic) bond motifs is 6. The predicted octanol–water partition coefficient (Wildman–Crippen LogP) is 8.95. The molecule has 0 radical (unpaired) electrons. The molecule has 0 bridgehead atoms. The lowest BCUT2D eigenvalue weighted by Gasteiger charge is -2.35. The molecule has 44 heavy (non-hydrogen) atoms. The number of halogens is 1. The molecule has 0 aliphatic rings. The van der Waals surface area contributed by atoms with Crippen molar-refractivity contribution in [3.63, 3.8) is 0 Å². The molecule has 0 atom stereocenters. The van der Waals surface area contributed by atoms with Crippen molar-refractivity contribution in [2.24, 2.45) is 0 Å². The average Bonchev–Trinajstić information content (AvgIpc) is 3.10. The largest absolute Gasteiger partial charge is 0.179 e. The Morgan fingerprint density at radius 1 is 0.295 bits per heavy atom. The second-order valence-electron chi connectivity index (χ2n) is 11.4. The van der Waals surface area contributed by atoms with Gasteiger partial charge in [0, 0.05) is 4.47 Å². The summed E-state index contributed by atoms with van der Waals surface area (Å²) in [5, 5.41) is 13.2. The first-order valence-electron chi connectivity index (χ1n) is 15.0. The Bertz CT molecular complexity index is 2140. The van der Waals surface area contributed by atoms with Gasteiger partial charge in [-0.3, -0.25) is 0 Å². The summed E-state index contributed by atoms with van der Waals surface area (Å²) >= 11 is 3.96. The highest BCUT2D eigenvalue weighted by Gasteiger charge is 2.41. The molecule has 0 N–H and O–H groups in total. The van der Waals surface area contributed by atoms with E-state index < -0.39 is 8.07 Å². The van der Waals surface area contributed by atoms with Crippen molar-refractivity contribution in [3.05, 3.63) is 180 Å². The van der Waals surface area contributed by atoms with Crippen LogP contribution in [0.25, 0.3) is 43.4 Å². The first-order chi connectivity index (χ1) is 21.7. The SMILES string of the molecule is Brc1cc(-c2ccc3c4ccccc4c4ccccc4c3c2)cc([Si](c2ccccc2)(c2ccccc2)c2ccccc2)c1. The van der Waals surface area contributed by atoms with E-state index in [0.29, 0.717) is 0 Å². The van der Waals surface area contributed by atoms with Crippen LogP contribution in [0, 0.1) is 0 Å². The van der Waals surface area contributed by atoms with Crippen molar-refractivity contribution in [2.45, 2.75) is 0 Å². The standard InChI is InChI=1S/C42H29BrSi/c43-32-26-31(30-24-25-41-39-22-11-10-20-37(39)38-21-12-13-23-40(38)42(41)28-30)27-36(29-32)44(33-14-4-1-5-15-33,34-16-6-2-7-17-34)35-18-8-3-9-19-35/h1-29H. The molecule has 2 heteroatoms. The second-order valence-corrected chi connectivity index (χ2v) is 16.2.